The summed E-state index contributed by atoms with van der Waals surface area (Å²) < 4.78 is 36.4. The minimum atomic E-state index is -3.78. The van der Waals surface area contributed by atoms with Crippen LogP contribution in [0.15, 0.2) is 65.7 Å². The lowest BCUT2D eigenvalue weighted by Crippen LogP contribution is -2.54. The van der Waals surface area contributed by atoms with Crippen LogP contribution in [0.2, 0.25) is 0 Å². The molecule has 1 aliphatic heterocycles. The van der Waals surface area contributed by atoms with E-state index in [9.17, 15) is 8.42 Å². The molecule has 0 spiro atoms. The Kier molecular flexibility index (Phi) is 6.17. The zero-order valence-corrected chi connectivity index (χ0v) is 19.7. The number of piperazine rings is 1. The maximum Gasteiger partial charge on any atom is 0.262 e. The van der Waals surface area contributed by atoms with Gasteiger partial charge in [-0.2, -0.15) is 0 Å². The fraction of sp³-hybridized carbons (Fsp3) is 0.333. The molecule has 0 aliphatic carbocycles. The molecule has 2 heterocycles. The number of hydrogen-bond acceptors (Lipinski definition) is 5. The molecule has 2 N–H and O–H groups in total. The van der Waals surface area contributed by atoms with Gasteiger partial charge in [0.25, 0.3) is 10.0 Å². The van der Waals surface area contributed by atoms with E-state index in [0.29, 0.717) is 23.5 Å². The molecule has 2 unspecified atom stereocenters. The Bertz CT molecular complexity index is 1180. The predicted molar refractivity (Wildman–Crippen MR) is 129 cm³/mol. The van der Waals surface area contributed by atoms with Crippen molar-refractivity contribution in [1.82, 2.24) is 9.88 Å². The fourth-order valence-corrected chi connectivity index (χ4v) is 5.34. The van der Waals surface area contributed by atoms with Gasteiger partial charge in [0.2, 0.25) is 0 Å². The molecule has 0 saturated carbocycles. The van der Waals surface area contributed by atoms with Crippen LogP contribution in [0.3, 0.4) is 0 Å². The number of aryl methyl sites for hydroxylation is 1. The standard InChI is InChI=1S/C24H30N4O3S/c1-17-15-28(16-18(2)25-17)20-9-12-24(31-4)22(14-20)26-32(29,30)21-10-7-19(8-11-21)23-6-5-13-27(23)3/h5-14,17-18,25-26H,15-16H2,1-4H3. The molecule has 1 fully saturated rings. The van der Waals surface area contributed by atoms with Crippen molar-refractivity contribution in [2.45, 2.75) is 30.8 Å². The summed E-state index contributed by atoms with van der Waals surface area (Å²) in [5, 5.41) is 3.51. The van der Waals surface area contributed by atoms with Crippen LogP contribution < -0.4 is 19.7 Å². The average molecular weight is 455 g/mol. The van der Waals surface area contributed by atoms with E-state index >= 15 is 0 Å². The van der Waals surface area contributed by atoms with Gasteiger partial charge in [-0.05, 0) is 61.9 Å². The monoisotopic (exact) mass is 454 g/mol. The van der Waals surface area contributed by atoms with Crippen molar-refractivity contribution in [3.63, 3.8) is 0 Å². The Balaban J connectivity index is 1.60. The maximum absolute atomic E-state index is 13.1. The molecule has 7 nitrogen and oxygen atoms in total. The quantitative estimate of drug-likeness (QED) is 0.594. The van der Waals surface area contributed by atoms with Crippen LogP contribution in [0, 0.1) is 0 Å². The highest BCUT2D eigenvalue weighted by Gasteiger charge is 2.23. The van der Waals surface area contributed by atoms with Crippen molar-refractivity contribution in [1.29, 1.82) is 0 Å². The van der Waals surface area contributed by atoms with Crippen molar-refractivity contribution < 1.29 is 13.2 Å². The number of ether oxygens (including phenoxy) is 1. The predicted octanol–water partition coefficient (Wildman–Crippen LogP) is 3.69. The van der Waals surface area contributed by atoms with Crippen LogP contribution >= 0.6 is 0 Å². The molecule has 3 aromatic rings. The normalized spacial score (nSPS) is 19.1. The SMILES string of the molecule is COc1ccc(N2CC(C)NC(C)C2)cc1NS(=O)(=O)c1ccc(-c2cccn2C)cc1. The van der Waals surface area contributed by atoms with Crippen molar-refractivity contribution >= 4 is 21.4 Å². The van der Waals surface area contributed by atoms with Crippen LogP contribution in [0.25, 0.3) is 11.3 Å². The Morgan fingerprint density at radius 3 is 2.31 bits per heavy atom. The molecule has 8 heteroatoms. The first-order valence-corrected chi connectivity index (χ1v) is 12.2. The van der Waals surface area contributed by atoms with E-state index in [1.54, 1.807) is 12.1 Å². The number of aromatic nitrogens is 1. The molecule has 0 bridgehead atoms. The van der Waals surface area contributed by atoms with E-state index in [4.69, 9.17) is 4.74 Å². The summed E-state index contributed by atoms with van der Waals surface area (Å²) >= 11 is 0. The van der Waals surface area contributed by atoms with Gasteiger partial charge in [-0.15, -0.1) is 0 Å². The number of nitrogens with zero attached hydrogens (tertiary/aromatic N) is 2. The van der Waals surface area contributed by atoms with Crippen molar-refractivity contribution in [3.8, 4) is 17.0 Å². The number of nitrogens with one attached hydrogen (secondary N) is 2. The molecule has 4 rings (SSSR count). The van der Waals surface area contributed by atoms with Gasteiger partial charge in [-0.1, -0.05) is 12.1 Å². The van der Waals surface area contributed by atoms with E-state index in [1.807, 2.05) is 60.3 Å². The minimum Gasteiger partial charge on any atom is -0.495 e. The summed E-state index contributed by atoms with van der Waals surface area (Å²) in [4.78, 5) is 2.46. The van der Waals surface area contributed by atoms with Crippen LogP contribution in [0.4, 0.5) is 11.4 Å². The molecule has 1 aromatic heterocycles. The largest absolute Gasteiger partial charge is 0.495 e. The third-order valence-corrected chi connectivity index (χ3v) is 7.14. The topological polar surface area (TPSA) is 75.6 Å². The first-order chi connectivity index (χ1) is 15.3. The molecule has 2 aromatic carbocycles. The van der Waals surface area contributed by atoms with Crippen LogP contribution in [-0.2, 0) is 17.1 Å². The Morgan fingerprint density at radius 1 is 1.03 bits per heavy atom. The molecule has 1 saturated heterocycles. The number of rotatable bonds is 6. The molecule has 0 radical (unpaired) electrons. The second-order valence-corrected chi connectivity index (χ2v) is 10.1. The van der Waals surface area contributed by atoms with Crippen LogP contribution in [0.5, 0.6) is 5.75 Å². The highest BCUT2D eigenvalue weighted by molar-refractivity contribution is 7.92. The number of methoxy groups -OCH3 is 1. The second-order valence-electron chi connectivity index (χ2n) is 8.39. The summed E-state index contributed by atoms with van der Waals surface area (Å²) in [7, 11) is -0.281. The first kappa shape index (κ1) is 22.2. The number of sulfonamides is 1. The van der Waals surface area contributed by atoms with Gasteiger partial charge in [-0.3, -0.25) is 4.72 Å². The Morgan fingerprint density at radius 2 is 1.72 bits per heavy atom. The fourth-order valence-electron chi connectivity index (χ4n) is 4.28. The van der Waals surface area contributed by atoms with Gasteiger partial charge in [0.1, 0.15) is 5.75 Å². The zero-order chi connectivity index (χ0) is 22.9. The summed E-state index contributed by atoms with van der Waals surface area (Å²) in [5.41, 5.74) is 3.37. The minimum absolute atomic E-state index is 0.201. The third kappa shape index (κ3) is 4.61. The Labute approximate surface area is 190 Å². The highest BCUT2D eigenvalue weighted by atomic mass is 32.2. The number of benzene rings is 2. The number of hydrogen-bond donors (Lipinski definition) is 2. The molecular weight excluding hydrogens is 424 g/mol. The van der Waals surface area contributed by atoms with Gasteiger partial charge in [0, 0.05) is 49.8 Å². The molecule has 0 amide bonds. The van der Waals surface area contributed by atoms with E-state index in [-0.39, 0.29) is 4.90 Å². The number of anilines is 2. The summed E-state index contributed by atoms with van der Waals surface area (Å²) in [6, 6.07) is 17.2. The van der Waals surface area contributed by atoms with E-state index in [2.05, 4.69) is 28.8 Å². The van der Waals surface area contributed by atoms with Gasteiger partial charge in [0.05, 0.1) is 17.7 Å². The van der Waals surface area contributed by atoms with Gasteiger partial charge in [-0.25, -0.2) is 8.42 Å². The summed E-state index contributed by atoms with van der Waals surface area (Å²) in [6.07, 6.45) is 1.96. The molecular formula is C24H30N4O3S. The van der Waals surface area contributed by atoms with E-state index < -0.39 is 10.0 Å². The van der Waals surface area contributed by atoms with E-state index in [0.717, 1.165) is 30.0 Å². The van der Waals surface area contributed by atoms with Gasteiger partial charge < -0.3 is 19.5 Å². The second kappa shape index (κ2) is 8.88. The van der Waals surface area contributed by atoms with Crippen molar-refractivity contribution in [3.05, 3.63) is 60.8 Å². The van der Waals surface area contributed by atoms with E-state index in [1.165, 1.54) is 7.11 Å². The first-order valence-electron chi connectivity index (χ1n) is 10.7. The third-order valence-electron chi connectivity index (χ3n) is 5.75. The Hall–Kier alpha value is -2.97. The summed E-state index contributed by atoms with van der Waals surface area (Å²) in [6.45, 7) is 6.00. The lowest BCUT2D eigenvalue weighted by atomic mass is 10.1. The summed E-state index contributed by atoms with van der Waals surface area (Å²) in [5.74, 6) is 0.481. The lowest BCUT2D eigenvalue weighted by Gasteiger charge is -2.38. The smallest absolute Gasteiger partial charge is 0.262 e. The molecule has 1 aliphatic rings. The van der Waals surface area contributed by atoms with Crippen molar-refractivity contribution in [2.24, 2.45) is 7.05 Å². The van der Waals surface area contributed by atoms with Crippen LogP contribution in [0.1, 0.15) is 13.8 Å². The average Bonchev–Trinajstić information content (AvgIpc) is 3.18. The zero-order valence-electron chi connectivity index (χ0n) is 18.9. The maximum atomic E-state index is 13.1. The molecule has 2 atom stereocenters. The molecule has 32 heavy (non-hydrogen) atoms. The highest BCUT2D eigenvalue weighted by Crippen LogP contribution is 2.32. The van der Waals surface area contributed by atoms with Crippen LogP contribution in [-0.4, -0.2) is 45.3 Å². The van der Waals surface area contributed by atoms with Crippen molar-refractivity contribution in [2.75, 3.05) is 29.8 Å². The van der Waals surface area contributed by atoms with Gasteiger partial charge >= 0.3 is 0 Å². The molecule has 170 valence electrons. The van der Waals surface area contributed by atoms with Gasteiger partial charge in [0.15, 0.2) is 0 Å². The lowest BCUT2D eigenvalue weighted by molar-refractivity contribution is 0.406.